The fourth-order valence-electron chi connectivity index (χ4n) is 5.89. The first kappa shape index (κ1) is 30.3. The molecule has 1 unspecified atom stereocenters. The van der Waals surface area contributed by atoms with Crippen LogP contribution in [-0.4, -0.2) is 81.3 Å². The number of amides is 2. The lowest BCUT2D eigenvalue weighted by Gasteiger charge is -2.28. The lowest BCUT2D eigenvalue weighted by molar-refractivity contribution is -0.130. The molecule has 2 amide bonds. The number of carbonyl (C=O) groups excluding carboxylic acids is 2. The highest BCUT2D eigenvalue weighted by Crippen LogP contribution is 2.29. The summed E-state index contributed by atoms with van der Waals surface area (Å²) in [6.45, 7) is 3.50. The number of morpholine rings is 1. The molecule has 0 spiro atoms. The quantitative estimate of drug-likeness (QED) is 0.209. The molecule has 1 atom stereocenters. The Bertz CT molecular complexity index is 1550. The second kappa shape index (κ2) is 14.4. The number of H-pyrrole nitrogens is 1. The number of nitrogens with one attached hydrogen (secondary N) is 3. The largest absolute Gasteiger partial charge is 0.378 e. The number of hydrogen-bond donors (Lipinski definition) is 4. The molecular weight excluding hydrogens is 572 g/mol. The summed E-state index contributed by atoms with van der Waals surface area (Å²) in [7, 11) is 0. The molecular formula is C32H38N10O3. The highest BCUT2D eigenvalue weighted by molar-refractivity contribution is 5.97. The molecule has 2 aromatic heterocycles. The maximum absolute atomic E-state index is 13.7. The summed E-state index contributed by atoms with van der Waals surface area (Å²) in [4.78, 5) is 38.4. The van der Waals surface area contributed by atoms with Gasteiger partial charge in [0.15, 0.2) is 0 Å². The van der Waals surface area contributed by atoms with E-state index in [2.05, 4.69) is 46.1 Å². The van der Waals surface area contributed by atoms with Crippen LogP contribution in [0, 0.1) is 11.8 Å². The number of hydrogen-bond acceptors (Lipinski definition) is 10. The molecule has 2 aromatic carbocycles. The molecule has 13 heteroatoms. The normalized spacial score (nSPS) is 19.1. The zero-order valence-corrected chi connectivity index (χ0v) is 25.1. The van der Waals surface area contributed by atoms with Gasteiger partial charge in [-0.15, -0.1) is 10.2 Å². The maximum Gasteiger partial charge on any atom is 0.247 e. The number of ether oxygens (including phenoxy) is 1. The van der Waals surface area contributed by atoms with Gasteiger partial charge in [-0.25, -0.2) is 9.97 Å². The van der Waals surface area contributed by atoms with E-state index in [1.54, 1.807) is 24.3 Å². The Labute approximate surface area is 261 Å². The number of rotatable bonds is 10. The van der Waals surface area contributed by atoms with Crippen molar-refractivity contribution in [3.8, 4) is 22.5 Å². The van der Waals surface area contributed by atoms with Crippen LogP contribution in [0.4, 0.5) is 11.6 Å². The number of tetrazole rings is 1. The lowest BCUT2D eigenvalue weighted by Crippen LogP contribution is -2.48. The minimum Gasteiger partial charge on any atom is -0.378 e. The Hall–Kier alpha value is -4.75. The number of nitrogens with two attached hydrogens (primary N) is 1. The van der Waals surface area contributed by atoms with Gasteiger partial charge >= 0.3 is 0 Å². The van der Waals surface area contributed by atoms with E-state index in [-0.39, 0.29) is 17.7 Å². The third kappa shape index (κ3) is 7.67. The fourth-order valence-corrected chi connectivity index (χ4v) is 5.89. The zero-order valence-electron chi connectivity index (χ0n) is 25.1. The van der Waals surface area contributed by atoms with Crippen LogP contribution >= 0.6 is 0 Å². The Kier molecular flexibility index (Phi) is 9.66. The van der Waals surface area contributed by atoms with Gasteiger partial charge in [0.05, 0.1) is 13.2 Å². The first-order valence-electron chi connectivity index (χ1n) is 15.4. The van der Waals surface area contributed by atoms with Gasteiger partial charge < -0.3 is 26.0 Å². The molecule has 5 N–H and O–H groups in total. The van der Waals surface area contributed by atoms with Crippen molar-refractivity contribution in [2.45, 2.75) is 38.1 Å². The van der Waals surface area contributed by atoms with Crippen LogP contribution in [0.25, 0.3) is 22.5 Å². The van der Waals surface area contributed by atoms with Crippen molar-refractivity contribution in [2.75, 3.05) is 43.1 Å². The van der Waals surface area contributed by atoms with Crippen LogP contribution in [0.15, 0.2) is 60.9 Å². The summed E-state index contributed by atoms with van der Waals surface area (Å²) in [5, 5.41) is 20.1. The van der Waals surface area contributed by atoms with E-state index in [1.807, 2.05) is 36.7 Å². The molecule has 3 heterocycles. The molecule has 45 heavy (non-hydrogen) atoms. The molecule has 13 nitrogen and oxygen atoms in total. The van der Waals surface area contributed by atoms with Crippen LogP contribution in [0.3, 0.4) is 0 Å². The Balaban J connectivity index is 1.17. The van der Waals surface area contributed by atoms with Gasteiger partial charge in [-0.2, -0.15) is 5.21 Å². The van der Waals surface area contributed by atoms with E-state index in [4.69, 9.17) is 10.5 Å². The molecule has 1 aliphatic heterocycles. The second-order valence-corrected chi connectivity index (χ2v) is 11.6. The van der Waals surface area contributed by atoms with Crippen molar-refractivity contribution in [1.82, 2.24) is 35.9 Å². The third-order valence-electron chi connectivity index (χ3n) is 8.57. The molecule has 2 aliphatic rings. The van der Waals surface area contributed by atoms with Gasteiger partial charge in [0, 0.05) is 54.6 Å². The molecule has 6 rings (SSSR count). The fraction of sp³-hybridized carbons (Fsp3) is 0.406. The van der Waals surface area contributed by atoms with E-state index in [0.29, 0.717) is 49.6 Å². The van der Waals surface area contributed by atoms with Crippen molar-refractivity contribution < 1.29 is 14.3 Å². The predicted octanol–water partition coefficient (Wildman–Crippen LogP) is 2.59. The highest BCUT2D eigenvalue weighted by atomic mass is 16.5. The van der Waals surface area contributed by atoms with Crippen LogP contribution in [0.1, 0.15) is 31.2 Å². The summed E-state index contributed by atoms with van der Waals surface area (Å²) in [5.74, 6) is 1.08. The standard InChI is InChI=1S/C32H38N10O3/c33-18-21-4-6-24(7-5-21)30(43)37-28(31(44)36-27-10-8-23(9-11-27)29-38-40-41-39-29)17-22-2-1-3-25(16-22)26-19-34-32(35-20-26)42-12-14-45-15-13-42/h1-3,8-11,16,19-21,24,28H,4-7,12-15,17-18,33H2,(H,36,44)(H,37,43)(H,38,39,40,41). The topological polar surface area (TPSA) is 177 Å². The monoisotopic (exact) mass is 610 g/mol. The summed E-state index contributed by atoms with van der Waals surface area (Å²) in [6.07, 6.45) is 7.35. The Morgan fingerprint density at radius 3 is 2.42 bits per heavy atom. The van der Waals surface area contributed by atoms with Crippen LogP contribution in [-0.2, 0) is 20.7 Å². The number of aromatic amines is 1. The van der Waals surface area contributed by atoms with Gasteiger partial charge in [-0.3, -0.25) is 9.59 Å². The molecule has 234 valence electrons. The van der Waals surface area contributed by atoms with E-state index in [1.165, 1.54) is 0 Å². The van der Waals surface area contributed by atoms with Crippen molar-refractivity contribution in [3.05, 3.63) is 66.5 Å². The molecule has 2 fully saturated rings. The van der Waals surface area contributed by atoms with Crippen molar-refractivity contribution in [2.24, 2.45) is 17.6 Å². The molecule has 0 radical (unpaired) electrons. The highest BCUT2D eigenvalue weighted by Gasteiger charge is 2.29. The zero-order chi connectivity index (χ0) is 31.0. The van der Waals surface area contributed by atoms with Crippen LogP contribution in [0.5, 0.6) is 0 Å². The average Bonchev–Trinajstić information content (AvgIpc) is 3.64. The third-order valence-corrected chi connectivity index (χ3v) is 8.57. The number of nitrogens with zero attached hydrogens (tertiary/aromatic N) is 6. The second-order valence-electron chi connectivity index (χ2n) is 11.6. The Morgan fingerprint density at radius 1 is 0.978 bits per heavy atom. The molecule has 4 aromatic rings. The minimum absolute atomic E-state index is 0.0960. The summed E-state index contributed by atoms with van der Waals surface area (Å²) >= 11 is 0. The average molecular weight is 611 g/mol. The molecule has 0 bridgehead atoms. The molecule has 1 saturated carbocycles. The van der Waals surface area contributed by atoms with Crippen molar-refractivity contribution >= 4 is 23.5 Å². The van der Waals surface area contributed by atoms with E-state index in [9.17, 15) is 9.59 Å². The van der Waals surface area contributed by atoms with E-state index < -0.39 is 6.04 Å². The smallest absolute Gasteiger partial charge is 0.247 e. The van der Waals surface area contributed by atoms with Gasteiger partial charge in [0.2, 0.25) is 23.6 Å². The maximum atomic E-state index is 13.7. The summed E-state index contributed by atoms with van der Waals surface area (Å²) < 4.78 is 5.43. The first-order valence-corrected chi connectivity index (χ1v) is 15.4. The van der Waals surface area contributed by atoms with Gasteiger partial charge in [0.25, 0.3) is 0 Å². The number of benzene rings is 2. The van der Waals surface area contributed by atoms with E-state index in [0.717, 1.165) is 61.0 Å². The molecule has 1 saturated heterocycles. The first-order chi connectivity index (χ1) is 22.1. The lowest BCUT2D eigenvalue weighted by atomic mass is 9.81. The minimum atomic E-state index is -0.781. The number of carbonyl (C=O) groups is 2. The van der Waals surface area contributed by atoms with Crippen molar-refractivity contribution in [1.29, 1.82) is 0 Å². The SMILES string of the molecule is NCC1CCC(C(=O)NC(Cc2cccc(-c3cnc(N4CCOCC4)nc3)c2)C(=O)Nc2ccc(-c3nn[nH]n3)cc2)CC1. The van der Waals surface area contributed by atoms with Gasteiger partial charge in [0.1, 0.15) is 6.04 Å². The number of aromatic nitrogens is 6. The predicted molar refractivity (Wildman–Crippen MR) is 169 cm³/mol. The Morgan fingerprint density at radius 2 is 1.73 bits per heavy atom. The van der Waals surface area contributed by atoms with E-state index >= 15 is 0 Å². The summed E-state index contributed by atoms with van der Waals surface area (Å²) in [5.41, 5.74) is 9.93. The summed E-state index contributed by atoms with van der Waals surface area (Å²) in [6, 6.07) is 14.3. The van der Waals surface area contributed by atoms with Gasteiger partial charge in [-0.1, -0.05) is 24.3 Å². The van der Waals surface area contributed by atoms with Crippen molar-refractivity contribution in [3.63, 3.8) is 0 Å². The number of anilines is 2. The van der Waals surface area contributed by atoms with Crippen LogP contribution < -0.4 is 21.3 Å². The molecule has 1 aliphatic carbocycles. The van der Waals surface area contributed by atoms with Crippen LogP contribution in [0.2, 0.25) is 0 Å². The van der Waals surface area contributed by atoms with Gasteiger partial charge in [-0.05, 0) is 78.8 Å².